The van der Waals surface area contributed by atoms with Gasteiger partial charge in [0.25, 0.3) is 0 Å². The molecule has 0 saturated carbocycles. The van der Waals surface area contributed by atoms with Gasteiger partial charge in [0, 0.05) is 18.3 Å². The number of nitrogens with two attached hydrogens (primary N) is 1. The molecular formula is C16H20N2OS. The van der Waals surface area contributed by atoms with Crippen molar-refractivity contribution in [3.63, 3.8) is 0 Å². The Morgan fingerprint density at radius 1 is 1.25 bits per heavy atom. The maximum absolute atomic E-state index is 12.1. The SMILES string of the molecule is CC(C)(C)c1ccc(CC(=O)c2csc(CN)n2)cc1. The average molecular weight is 288 g/mol. The molecule has 0 atom stereocenters. The second-order valence-corrected chi connectivity index (χ2v) is 6.82. The first kappa shape index (κ1) is 14.9. The summed E-state index contributed by atoms with van der Waals surface area (Å²) in [6.45, 7) is 6.92. The van der Waals surface area contributed by atoms with Crippen LogP contribution in [0.1, 0.15) is 47.4 Å². The van der Waals surface area contributed by atoms with Crippen LogP contribution in [-0.2, 0) is 18.4 Å². The van der Waals surface area contributed by atoms with Crippen LogP contribution in [0.2, 0.25) is 0 Å². The lowest BCUT2D eigenvalue weighted by Crippen LogP contribution is -2.11. The van der Waals surface area contributed by atoms with Crippen LogP contribution in [0, 0.1) is 0 Å². The third-order valence-electron chi connectivity index (χ3n) is 3.20. The molecule has 0 saturated heterocycles. The summed E-state index contributed by atoms with van der Waals surface area (Å²) < 4.78 is 0. The first-order valence-corrected chi connectivity index (χ1v) is 7.55. The van der Waals surface area contributed by atoms with Gasteiger partial charge in [0.05, 0.1) is 0 Å². The van der Waals surface area contributed by atoms with Crippen molar-refractivity contribution in [3.8, 4) is 0 Å². The van der Waals surface area contributed by atoms with E-state index in [2.05, 4.69) is 37.9 Å². The van der Waals surface area contributed by atoms with Crippen molar-refractivity contribution < 1.29 is 4.79 Å². The number of nitrogens with zero attached hydrogens (tertiary/aromatic N) is 1. The molecule has 0 aliphatic heterocycles. The fourth-order valence-corrected chi connectivity index (χ4v) is 2.61. The fraction of sp³-hybridized carbons (Fsp3) is 0.375. The molecule has 3 nitrogen and oxygen atoms in total. The molecule has 20 heavy (non-hydrogen) atoms. The van der Waals surface area contributed by atoms with E-state index in [0.717, 1.165) is 10.6 Å². The highest BCUT2D eigenvalue weighted by Crippen LogP contribution is 2.22. The Hall–Kier alpha value is -1.52. The number of carbonyl (C=O) groups is 1. The van der Waals surface area contributed by atoms with Crippen molar-refractivity contribution in [2.24, 2.45) is 5.73 Å². The highest BCUT2D eigenvalue weighted by atomic mass is 32.1. The van der Waals surface area contributed by atoms with Crippen molar-refractivity contribution >= 4 is 17.1 Å². The first-order chi connectivity index (χ1) is 9.40. The molecule has 0 aliphatic carbocycles. The van der Waals surface area contributed by atoms with Gasteiger partial charge in [-0.25, -0.2) is 4.98 Å². The average Bonchev–Trinajstić information content (AvgIpc) is 2.87. The van der Waals surface area contributed by atoms with E-state index < -0.39 is 0 Å². The van der Waals surface area contributed by atoms with E-state index in [9.17, 15) is 4.79 Å². The Bertz CT molecular complexity index is 594. The van der Waals surface area contributed by atoms with Crippen LogP contribution in [0.5, 0.6) is 0 Å². The van der Waals surface area contributed by atoms with Crippen LogP contribution in [0.3, 0.4) is 0 Å². The summed E-state index contributed by atoms with van der Waals surface area (Å²) >= 11 is 1.44. The Morgan fingerprint density at radius 3 is 2.40 bits per heavy atom. The van der Waals surface area contributed by atoms with Crippen LogP contribution in [0.15, 0.2) is 29.6 Å². The number of benzene rings is 1. The lowest BCUT2D eigenvalue weighted by molar-refractivity contribution is 0.0988. The zero-order valence-corrected chi connectivity index (χ0v) is 13.0. The predicted octanol–water partition coefficient (Wildman–Crippen LogP) is 3.32. The van der Waals surface area contributed by atoms with Crippen molar-refractivity contribution in [3.05, 3.63) is 51.5 Å². The lowest BCUT2D eigenvalue weighted by Gasteiger charge is -2.19. The summed E-state index contributed by atoms with van der Waals surface area (Å²) in [5.41, 5.74) is 8.46. The maximum atomic E-state index is 12.1. The quantitative estimate of drug-likeness (QED) is 0.878. The molecule has 106 valence electrons. The van der Waals surface area contributed by atoms with E-state index in [1.54, 1.807) is 5.38 Å². The topological polar surface area (TPSA) is 56.0 Å². The highest BCUT2D eigenvalue weighted by Gasteiger charge is 2.14. The molecule has 0 aliphatic rings. The van der Waals surface area contributed by atoms with Gasteiger partial charge in [-0.1, -0.05) is 45.0 Å². The van der Waals surface area contributed by atoms with Crippen LogP contribution < -0.4 is 5.73 Å². The third kappa shape index (κ3) is 3.52. The highest BCUT2D eigenvalue weighted by molar-refractivity contribution is 7.09. The summed E-state index contributed by atoms with van der Waals surface area (Å²) in [5.74, 6) is 0.0458. The molecule has 2 rings (SSSR count). The fourth-order valence-electron chi connectivity index (χ4n) is 1.93. The molecule has 1 aromatic heterocycles. The smallest absolute Gasteiger partial charge is 0.186 e. The number of ketones is 1. The monoisotopic (exact) mass is 288 g/mol. The van der Waals surface area contributed by atoms with Crippen LogP contribution in [0.25, 0.3) is 0 Å². The Morgan fingerprint density at radius 2 is 1.90 bits per heavy atom. The van der Waals surface area contributed by atoms with Crippen LogP contribution in [-0.4, -0.2) is 10.8 Å². The first-order valence-electron chi connectivity index (χ1n) is 6.67. The van der Waals surface area contributed by atoms with Gasteiger partial charge < -0.3 is 5.73 Å². The predicted molar refractivity (Wildman–Crippen MR) is 83.2 cm³/mol. The Balaban J connectivity index is 2.08. The lowest BCUT2D eigenvalue weighted by atomic mass is 9.86. The van der Waals surface area contributed by atoms with Gasteiger partial charge in [0.1, 0.15) is 10.7 Å². The summed E-state index contributed by atoms with van der Waals surface area (Å²) in [6.07, 6.45) is 0.387. The van der Waals surface area contributed by atoms with E-state index in [-0.39, 0.29) is 11.2 Å². The largest absolute Gasteiger partial charge is 0.325 e. The van der Waals surface area contributed by atoms with Gasteiger partial charge in [0.15, 0.2) is 5.78 Å². The van der Waals surface area contributed by atoms with Gasteiger partial charge in [-0.3, -0.25) is 4.79 Å². The van der Waals surface area contributed by atoms with E-state index in [1.807, 2.05) is 12.1 Å². The molecule has 2 aromatic rings. The van der Waals surface area contributed by atoms with Crippen molar-refractivity contribution in [1.82, 2.24) is 4.98 Å². The zero-order chi connectivity index (χ0) is 14.8. The summed E-state index contributed by atoms with van der Waals surface area (Å²) in [4.78, 5) is 16.4. The molecule has 1 heterocycles. The molecule has 1 aromatic carbocycles. The second-order valence-electron chi connectivity index (χ2n) is 5.88. The summed E-state index contributed by atoms with van der Waals surface area (Å²) in [7, 11) is 0. The number of Topliss-reactive ketones (excluding diaryl/α,β-unsaturated/α-hetero) is 1. The van der Waals surface area contributed by atoms with Crippen LogP contribution >= 0.6 is 11.3 Å². The molecule has 0 fully saturated rings. The minimum Gasteiger partial charge on any atom is -0.325 e. The maximum Gasteiger partial charge on any atom is 0.186 e. The summed E-state index contributed by atoms with van der Waals surface area (Å²) in [5, 5.41) is 2.59. The molecule has 0 amide bonds. The number of hydrogen-bond acceptors (Lipinski definition) is 4. The third-order valence-corrected chi connectivity index (χ3v) is 4.07. The van der Waals surface area contributed by atoms with Gasteiger partial charge in [-0.05, 0) is 16.5 Å². The Labute approximate surface area is 123 Å². The zero-order valence-electron chi connectivity index (χ0n) is 12.1. The van der Waals surface area contributed by atoms with Gasteiger partial charge >= 0.3 is 0 Å². The molecule has 0 spiro atoms. The van der Waals surface area contributed by atoms with Crippen molar-refractivity contribution in [1.29, 1.82) is 0 Å². The van der Waals surface area contributed by atoms with E-state index in [1.165, 1.54) is 16.9 Å². The molecule has 2 N–H and O–H groups in total. The van der Waals surface area contributed by atoms with E-state index in [0.29, 0.717) is 18.7 Å². The second kappa shape index (κ2) is 5.85. The van der Waals surface area contributed by atoms with Gasteiger partial charge in [0.2, 0.25) is 0 Å². The van der Waals surface area contributed by atoms with Crippen LogP contribution in [0.4, 0.5) is 0 Å². The normalized spacial score (nSPS) is 11.6. The van der Waals surface area contributed by atoms with E-state index >= 15 is 0 Å². The molecule has 4 heteroatoms. The number of hydrogen-bond donors (Lipinski definition) is 1. The minimum atomic E-state index is 0.0458. The van der Waals surface area contributed by atoms with Gasteiger partial charge in [-0.15, -0.1) is 11.3 Å². The number of aromatic nitrogens is 1. The number of carbonyl (C=O) groups excluding carboxylic acids is 1. The van der Waals surface area contributed by atoms with E-state index in [4.69, 9.17) is 5.73 Å². The molecule has 0 bridgehead atoms. The number of thiazole rings is 1. The molecule has 0 radical (unpaired) electrons. The minimum absolute atomic E-state index is 0.0458. The molecule has 0 unspecified atom stereocenters. The standard InChI is InChI=1S/C16H20N2OS/c1-16(2,3)12-6-4-11(5-7-12)8-14(19)13-10-20-15(9-17)18-13/h4-7,10H,8-9,17H2,1-3H3. The van der Waals surface area contributed by atoms with Crippen molar-refractivity contribution in [2.75, 3.05) is 0 Å². The van der Waals surface area contributed by atoms with Crippen molar-refractivity contribution in [2.45, 2.75) is 39.2 Å². The summed E-state index contributed by atoms with van der Waals surface area (Å²) in [6, 6.07) is 8.23. The Kier molecular flexibility index (Phi) is 4.35. The number of rotatable bonds is 4. The molecular weight excluding hydrogens is 268 g/mol. The van der Waals surface area contributed by atoms with Gasteiger partial charge in [-0.2, -0.15) is 0 Å².